The molecule has 6 heteroatoms. The number of hydrogen-bond acceptors (Lipinski definition) is 5. The quantitative estimate of drug-likeness (QED) is 0.567. The first kappa shape index (κ1) is 15.7. The highest BCUT2D eigenvalue weighted by molar-refractivity contribution is 5.95. The van der Waals surface area contributed by atoms with E-state index in [0.29, 0.717) is 18.0 Å². The first-order valence-corrected chi connectivity index (χ1v) is 7.52. The van der Waals surface area contributed by atoms with Gasteiger partial charge in [-0.05, 0) is 38.3 Å². The van der Waals surface area contributed by atoms with Crippen molar-refractivity contribution in [3.63, 3.8) is 0 Å². The van der Waals surface area contributed by atoms with Gasteiger partial charge in [0.25, 0.3) is 5.91 Å². The Hall–Kier alpha value is -1.66. The third kappa shape index (κ3) is 4.41. The van der Waals surface area contributed by atoms with Gasteiger partial charge in [-0.3, -0.25) is 4.79 Å². The van der Waals surface area contributed by atoms with E-state index in [1.54, 1.807) is 6.07 Å². The van der Waals surface area contributed by atoms with Crippen LogP contribution in [-0.4, -0.2) is 29.6 Å². The molecular weight excluding hydrogens is 268 g/mol. The summed E-state index contributed by atoms with van der Waals surface area (Å²) in [6.45, 7) is 4.80. The van der Waals surface area contributed by atoms with E-state index in [4.69, 9.17) is 10.6 Å². The monoisotopic (exact) mass is 292 g/mol. The van der Waals surface area contributed by atoms with Gasteiger partial charge in [0.05, 0.1) is 6.10 Å². The molecule has 1 fully saturated rings. The Labute approximate surface area is 125 Å². The molecular formula is C15H24N4O2. The van der Waals surface area contributed by atoms with Crippen molar-refractivity contribution in [2.24, 2.45) is 5.84 Å². The van der Waals surface area contributed by atoms with Crippen LogP contribution in [0.4, 0.5) is 5.82 Å². The van der Waals surface area contributed by atoms with E-state index in [0.717, 1.165) is 31.4 Å². The van der Waals surface area contributed by atoms with E-state index in [1.807, 2.05) is 13.0 Å². The van der Waals surface area contributed by atoms with E-state index < -0.39 is 0 Å². The summed E-state index contributed by atoms with van der Waals surface area (Å²) in [6.07, 6.45) is 3.69. The van der Waals surface area contributed by atoms with Gasteiger partial charge in [0.2, 0.25) is 0 Å². The number of anilines is 1. The van der Waals surface area contributed by atoms with Crippen LogP contribution in [0.5, 0.6) is 0 Å². The number of aryl methyl sites for hydroxylation is 1. The van der Waals surface area contributed by atoms with Crippen molar-refractivity contribution in [2.75, 3.05) is 12.0 Å². The molecule has 1 aliphatic heterocycles. The molecule has 116 valence electrons. The Morgan fingerprint density at radius 1 is 1.52 bits per heavy atom. The second-order valence-corrected chi connectivity index (χ2v) is 5.50. The molecule has 21 heavy (non-hydrogen) atoms. The van der Waals surface area contributed by atoms with Crippen molar-refractivity contribution < 1.29 is 9.53 Å². The van der Waals surface area contributed by atoms with Crippen molar-refractivity contribution in [3.8, 4) is 0 Å². The zero-order valence-corrected chi connectivity index (χ0v) is 12.7. The molecule has 1 aliphatic rings. The highest BCUT2D eigenvalue weighted by Gasteiger charge is 2.21. The maximum absolute atomic E-state index is 12.4. The number of nitrogens with zero attached hydrogens (tertiary/aromatic N) is 1. The summed E-state index contributed by atoms with van der Waals surface area (Å²) < 4.78 is 5.50. The first-order valence-electron chi connectivity index (χ1n) is 7.52. The van der Waals surface area contributed by atoms with Crippen molar-refractivity contribution >= 4 is 11.7 Å². The predicted molar refractivity (Wildman–Crippen MR) is 81.9 cm³/mol. The largest absolute Gasteiger partial charge is 0.378 e. The highest BCUT2D eigenvalue weighted by Crippen LogP contribution is 2.15. The van der Waals surface area contributed by atoms with Crippen molar-refractivity contribution in [1.29, 1.82) is 0 Å². The molecule has 2 atom stereocenters. The minimum Gasteiger partial charge on any atom is -0.378 e. The molecule has 0 aromatic carbocycles. The lowest BCUT2D eigenvalue weighted by molar-refractivity contribution is 0.0136. The molecule has 0 bridgehead atoms. The number of carbonyl (C=O) groups excluding carboxylic acids is 1. The molecule has 2 rings (SSSR count). The van der Waals surface area contributed by atoms with Crippen LogP contribution in [0.25, 0.3) is 0 Å². The summed E-state index contributed by atoms with van der Waals surface area (Å²) in [7, 11) is 0. The zero-order valence-electron chi connectivity index (χ0n) is 12.7. The zero-order chi connectivity index (χ0) is 15.2. The van der Waals surface area contributed by atoms with Gasteiger partial charge in [0.1, 0.15) is 5.82 Å². The topological polar surface area (TPSA) is 89.3 Å². The molecule has 1 saturated heterocycles. The third-order valence-corrected chi connectivity index (χ3v) is 3.61. The van der Waals surface area contributed by atoms with Gasteiger partial charge in [-0.15, -0.1) is 0 Å². The van der Waals surface area contributed by atoms with Crippen LogP contribution >= 0.6 is 0 Å². The van der Waals surface area contributed by atoms with Gasteiger partial charge in [0, 0.05) is 23.9 Å². The minimum atomic E-state index is -0.0784. The normalized spacial score (nSPS) is 21.9. The van der Waals surface area contributed by atoms with Gasteiger partial charge in [-0.25, -0.2) is 10.8 Å². The number of nitrogen functional groups attached to an aromatic ring is 1. The Balaban J connectivity index is 2.08. The van der Waals surface area contributed by atoms with Crippen LogP contribution in [0, 0.1) is 0 Å². The summed E-state index contributed by atoms with van der Waals surface area (Å²) in [5.41, 5.74) is 3.99. The number of aromatic nitrogens is 1. The first-order chi connectivity index (χ1) is 10.1. The number of pyridine rings is 1. The molecule has 4 N–H and O–H groups in total. The standard InChI is InChI=1S/C15H24N4O2/c1-3-4-12-8-11(9-14(17-12)19-16)15(20)18-13-5-6-21-10(2)7-13/h8-10,13H,3-7,16H2,1-2H3,(H,17,19)(H,18,20). The molecule has 0 aliphatic carbocycles. The second-order valence-electron chi connectivity index (χ2n) is 5.50. The van der Waals surface area contributed by atoms with Crippen molar-refractivity contribution in [1.82, 2.24) is 10.3 Å². The van der Waals surface area contributed by atoms with Gasteiger partial charge in [-0.2, -0.15) is 0 Å². The van der Waals surface area contributed by atoms with Gasteiger partial charge < -0.3 is 15.5 Å². The van der Waals surface area contributed by atoms with Crippen LogP contribution in [0.2, 0.25) is 0 Å². The maximum atomic E-state index is 12.4. The number of carbonyl (C=O) groups is 1. The summed E-state index contributed by atoms with van der Waals surface area (Å²) in [4.78, 5) is 16.7. The fourth-order valence-corrected chi connectivity index (χ4v) is 2.57. The lowest BCUT2D eigenvalue weighted by atomic mass is 10.0. The molecule has 0 spiro atoms. The lowest BCUT2D eigenvalue weighted by Gasteiger charge is -2.28. The van der Waals surface area contributed by atoms with Crippen LogP contribution < -0.4 is 16.6 Å². The van der Waals surface area contributed by atoms with E-state index in [-0.39, 0.29) is 18.1 Å². The molecule has 2 heterocycles. The number of nitrogens with one attached hydrogen (secondary N) is 2. The number of hydrazine groups is 1. The highest BCUT2D eigenvalue weighted by atomic mass is 16.5. The van der Waals surface area contributed by atoms with Crippen molar-refractivity contribution in [2.45, 2.75) is 51.7 Å². The van der Waals surface area contributed by atoms with Gasteiger partial charge in [-0.1, -0.05) is 13.3 Å². The lowest BCUT2D eigenvalue weighted by Crippen LogP contribution is -2.41. The number of ether oxygens (including phenoxy) is 1. The molecule has 1 amide bonds. The predicted octanol–water partition coefficient (Wildman–Crippen LogP) is 1.62. The third-order valence-electron chi connectivity index (χ3n) is 3.61. The van der Waals surface area contributed by atoms with Crippen LogP contribution in [0.15, 0.2) is 12.1 Å². The fraction of sp³-hybridized carbons (Fsp3) is 0.600. The number of nitrogens with two attached hydrogens (primary N) is 1. The summed E-state index contributed by atoms with van der Waals surface area (Å²) in [5.74, 6) is 5.87. The smallest absolute Gasteiger partial charge is 0.251 e. The van der Waals surface area contributed by atoms with Crippen molar-refractivity contribution in [3.05, 3.63) is 23.4 Å². The number of hydrogen-bond donors (Lipinski definition) is 3. The minimum absolute atomic E-state index is 0.0784. The Morgan fingerprint density at radius 3 is 3.00 bits per heavy atom. The maximum Gasteiger partial charge on any atom is 0.251 e. The Kier molecular flexibility index (Phi) is 5.52. The van der Waals surface area contributed by atoms with Gasteiger partial charge >= 0.3 is 0 Å². The van der Waals surface area contributed by atoms with E-state index >= 15 is 0 Å². The average Bonchev–Trinajstić information content (AvgIpc) is 2.47. The number of rotatable bonds is 5. The van der Waals surface area contributed by atoms with E-state index in [2.05, 4.69) is 22.7 Å². The fourth-order valence-electron chi connectivity index (χ4n) is 2.57. The summed E-state index contributed by atoms with van der Waals surface area (Å²) in [6, 6.07) is 3.68. The molecule has 6 nitrogen and oxygen atoms in total. The van der Waals surface area contributed by atoms with Gasteiger partial charge in [0.15, 0.2) is 0 Å². The molecule has 1 aromatic rings. The Morgan fingerprint density at radius 2 is 2.33 bits per heavy atom. The molecule has 0 saturated carbocycles. The van der Waals surface area contributed by atoms with E-state index in [1.165, 1.54) is 0 Å². The average molecular weight is 292 g/mol. The SMILES string of the molecule is CCCc1cc(C(=O)NC2CCOC(C)C2)cc(NN)n1. The molecule has 1 aromatic heterocycles. The van der Waals surface area contributed by atoms with E-state index in [9.17, 15) is 4.79 Å². The molecule has 2 unspecified atom stereocenters. The van der Waals surface area contributed by atoms with Crippen LogP contribution in [0.1, 0.15) is 49.2 Å². The number of amides is 1. The van der Waals surface area contributed by atoms with Crippen LogP contribution in [0.3, 0.4) is 0 Å². The Bertz CT molecular complexity index is 493. The van der Waals surface area contributed by atoms with Crippen LogP contribution in [-0.2, 0) is 11.2 Å². The summed E-state index contributed by atoms with van der Waals surface area (Å²) in [5, 5.41) is 3.07. The second kappa shape index (κ2) is 7.38. The molecule has 0 radical (unpaired) electrons. The summed E-state index contributed by atoms with van der Waals surface area (Å²) >= 11 is 0.